The highest BCUT2D eigenvalue weighted by molar-refractivity contribution is 7.09. The molecule has 0 unspecified atom stereocenters. The Labute approximate surface area is 105 Å². The van der Waals surface area contributed by atoms with Crippen molar-refractivity contribution in [2.24, 2.45) is 0 Å². The summed E-state index contributed by atoms with van der Waals surface area (Å²) in [5.41, 5.74) is 2.34. The molecule has 4 heteroatoms. The molecular weight excluding hydrogens is 232 g/mol. The number of thiazole rings is 1. The maximum Gasteiger partial charge on any atom is 0.115 e. The first kappa shape index (κ1) is 12.1. The lowest BCUT2D eigenvalue weighted by atomic mass is 10.2. The van der Waals surface area contributed by atoms with Crippen LogP contribution in [0.25, 0.3) is 0 Å². The monoisotopic (exact) mass is 248 g/mol. The van der Waals surface area contributed by atoms with Gasteiger partial charge in [0.1, 0.15) is 5.75 Å². The third-order valence-electron chi connectivity index (χ3n) is 2.49. The predicted octanol–water partition coefficient (Wildman–Crippen LogP) is 2.49. The first-order chi connectivity index (χ1) is 8.24. The van der Waals surface area contributed by atoms with Crippen molar-refractivity contribution in [1.82, 2.24) is 10.3 Å². The lowest BCUT2D eigenvalue weighted by Gasteiger charge is -2.03. The first-order valence-electron chi connectivity index (χ1n) is 5.63. The van der Waals surface area contributed by atoms with E-state index in [4.69, 9.17) is 5.11 Å². The van der Waals surface area contributed by atoms with Crippen LogP contribution in [0, 0.1) is 6.92 Å². The summed E-state index contributed by atoms with van der Waals surface area (Å²) in [5.74, 6) is 0.312. The number of rotatable bonds is 5. The van der Waals surface area contributed by atoms with Crippen LogP contribution in [0.5, 0.6) is 5.75 Å². The largest absolute Gasteiger partial charge is 0.508 e. The molecule has 0 saturated heterocycles. The zero-order valence-corrected chi connectivity index (χ0v) is 10.6. The summed E-state index contributed by atoms with van der Waals surface area (Å²) >= 11 is 1.69. The zero-order valence-electron chi connectivity index (χ0n) is 9.81. The van der Waals surface area contributed by atoms with Crippen molar-refractivity contribution in [2.75, 3.05) is 6.54 Å². The fourth-order valence-electron chi connectivity index (χ4n) is 1.59. The Hall–Kier alpha value is -1.39. The molecule has 0 saturated carbocycles. The predicted molar refractivity (Wildman–Crippen MR) is 70.4 cm³/mol. The van der Waals surface area contributed by atoms with Gasteiger partial charge in [-0.05, 0) is 24.6 Å². The van der Waals surface area contributed by atoms with Crippen molar-refractivity contribution < 1.29 is 5.11 Å². The molecule has 0 atom stereocenters. The number of nitrogens with zero attached hydrogens (tertiary/aromatic N) is 1. The molecule has 1 aromatic carbocycles. The van der Waals surface area contributed by atoms with Gasteiger partial charge in [-0.25, -0.2) is 4.98 Å². The Kier molecular flexibility index (Phi) is 4.12. The van der Waals surface area contributed by atoms with Crippen LogP contribution in [-0.2, 0) is 13.0 Å². The minimum Gasteiger partial charge on any atom is -0.508 e. The summed E-state index contributed by atoms with van der Waals surface area (Å²) < 4.78 is 0. The van der Waals surface area contributed by atoms with Crippen LogP contribution < -0.4 is 5.32 Å². The second-order valence-electron chi connectivity index (χ2n) is 3.95. The van der Waals surface area contributed by atoms with Crippen molar-refractivity contribution >= 4 is 11.3 Å². The highest BCUT2D eigenvalue weighted by Crippen LogP contribution is 2.10. The number of nitrogens with one attached hydrogen (secondary N) is 1. The van der Waals surface area contributed by atoms with Gasteiger partial charge in [0.15, 0.2) is 0 Å². The number of hydrogen-bond donors (Lipinski definition) is 2. The van der Waals surface area contributed by atoms with E-state index in [1.54, 1.807) is 23.5 Å². The van der Waals surface area contributed by atoms with Gasteiger partial charge in [-0.3, -0.25) is 0 Å². The second-order valence-corrected chi connectivity index (χ2v) is 5.01. The van der Waals surface area contributed by atoms with E-state index in [1.165, 1.54) is 5.56 Å². The molecule has 2 N–H and O–H groups in total. The van der Waals surface area contributed by atoms with Crippen molar-refractivity contribution in [3.63, 3.8) is 0 Å². The van der Waals surface area contributed by atoms with Crippen molar-refractivity contribution in [1.29, 1.82) is 0 Å². The summed E-state index contributed by atoms with van der Waals surface area (Å²) in [6, 6.07) is 7.27. The van der Waals surface area contributed by atoms with Crippen LogP contribution in [0.2, 0.25) is 0 Å². The van der Waals surface area contributed by atoms with Crippen LogP contribution in [0.3, 0.4) is 0 Å². The van der Waals surface area contributed by atoms with Crippen LogP contribution in [0.15, 0.2) is 29.6 Å². The minimum atomic E-state index is 0.312. The molecule has 0 aliphatic carbocycles. The van der Waals surface area contributed by atoms with E-state index >= 15 is 0 Å². The van der Waals surface area contributed by atoms with Crippen LogP contribution >= 0.6 is 11.3 Å². The third kappa shape index (κ3) is 3.84. The van der Waals surface area contributed by atoms with E-state index < -0.39 is 0 Å². The molecule has 2 aromatic rings. The van der Waals surface area contributed by atoms with Gasteiger partial charge in [-0.15, -0.1) is 11.3 Å². The molecular formula is C13H16N2OS. The Morgan fingerprint density at radius 2 is 2.06 bits per heavy atom. The van der Waals surface area contributed by atoms with Gasteiger partial charge in [0.05, 0.1) is 10.7 Å². The topological polar surface area (TPSA) is 45.2 Å². The lowest BCUT2D eigenvalue weighted by molar-refractivity contribution is 0.475. The van der Waals surface area contributed by atoms with Crippen LogP contribution in [0.1, 0.15) is 16.3 Å². The summed E-state index contributed by atoms with van der Waals surface area (Å²) in [6.07, 6.45) is 0.961. The van der Waals surface area contributed by atoms with E-state index in [0.717, 1.165) is 30.2 Å². The quantitative estimate of drug-likeness (QED) is 0.799. The maximum atomic E-state index is 9.15. The van der Waals surface area contributed by atoms with E-state index in [9.17, 15) is 0 Å². The van der Waals surface area contributed by atoms with E-state index in [0.29, 0.717) is 5.75 Å². The molecule has 0 aliphatic heterocycles. The minimum absolute atomic E-state index is 0.312. The number of aromatic nitrogens is 1. The Morgan fingerprint density at radius 1 is 1.29 bits per heavy atom. The molecule has 17 heavy (non-hydrogen) atoms. The van der Waals surface area contributed by atoms with Gasteiger partial charge in [0, 0.05) is 24.9 Å². The first-order valence-corrected chi connectivity index (χ1v) is 6.51. The number of benzene rings is 1. The maximum absolute atomic E-state index is 9.15. The molecule has 1 aromatic heterocycles. The number of phenolic OH excluding ortho intramolecular Hbond substituents is 1. The standard InChI is InChI=1S/C13H16N2OS/c1-10-15-12(9-17-10)6-7-14-8-11-2-4-13(16)5-3-11/h2-5,9,14,16H,6-8H2,1H3. The van der Waals surface area contributed by atoms with Crippen molar-refractivity contribution in [3.05, 3.63) is 45.9 Å². The molecule has 0 radical (unpaired) electrons. The third-order valence-corrected chi connectivity index (χ3v) is 3.31. The number of phenols is 1. The van der Waals surface area contributed by atoms with E-state index in [2.05, 4.69) is 15.7 Å². The number of aromatic hydroxyl groups is 1. The summed E-state index contributed by atoms with van der Waals surface area (Å²) in [6.45, 7) is 3.77. The van der Waals surface area contributed by atoms with Crippen molar-refractivity contribution in [2.45, 2.75) is 19.9 Å². The fourth-order valence-corrected chi connectivity index (χ4v) is 2.23. The SMILES string of the molecule is Cc1nc(CCNCc2ccc(O)cc2)cs1. The average Bonchev–Trinajstić information content (AvgIpc) is 2.73. The van der Waals surface area contributed by atoms with Gasteiger partial charge in [0.25, 0.3) is 0 Å². The molecule has 90 valence electrons. The molecule has 3 nitrogen and oxygen atoms in total. The second kappa shape index (κ2) is 5.80. The lowest BCUT2D eigenvalue weighted by Crippen LogP contribution is -2.16. The fraction of sp³-hybridized carbons (Fsp3) is 0.308. The van der Waals surface area contributed by atoms with Gasteiger partial charge in [-0.2, -0.15) is 0 Å². The summed E-state index contributed by atoms with van der Waals surface area (Å²) in [7, 11) is 0. The Bertz CT molecular complexity index is 465. The summed E-state index contributed by atoms with van der Waals surface area (Å²) in [5, 5.41) is 15.7. The molecule has 0 bridgehead atoms. The summed E-state index contributed by atoms with van der Waals surface area (Å²) in [4.78, 5) is 4.41. The van der Waals surface area contributed by atoms with Gasteiger partial charge >= 0.3 is 0 Å². The highest BCUT2D eigenvalue weighted by Gasteiger charge is 1.98. The highest BCUT2D eigenvalue weighted by atomic mass is 32.1. The Balaban J connectivity index is 1.71. The molecule has 0 fully saturated rings. The van der Waals surface area contributed by atoms with Crippen LogP contribution in [-0.4, -0.2) is 16.6 Å². The van der Waals surface area contributed by atoms with E-state index in [1.807, 2.05) is 19.1 Å². The van der Waals surface area contributed by atoms with Crippen LogP contribution in [0.4, 0.5) is 0 Å². The molecule has 0 aliphatic rings. The van der Waals surface area contributed by atoms with Gasteiger partial charge < -0.3 is 10.4 Å². The molecule has 0 amide bonds. The Morgan fingerprint density at radius 3 is 2.71 bits per heavy atom. The molecule has 2 rings (SSSR count). The van der Waals surface area contributed by atoms with Gasteiger partial charge in [0.2, 0.25) is 0 Å². The average molecular weight is 248 g/mol. The molecule has 0 spiro atoms. The smallest absolute Gasteiger partial charge is 0.115 e. The van der Waals surface area contributed by atoms with Crippen molar-refractivity contribution in [3.8, 4) is 5.75 Å². The van der Waals surface area contributed by atoms with E-state index in [-0.39, 0.29) is 0 Å². The normalized spacial score (nSPS) is 10.6. The molecule has 1 heterocycles. The number of hydrogen-bond acceptors (Lipinski definition) is 4. The number of aryl methyl sites for hydroxylation is 1. The van der Waals surface area contributed by atoms with Gasteiger partial charge in [-0.1, -0.05) is 12.1 Å². The zero-order chi connectivity index (χ0) is 12.1.